The Labute approximate surface area is 158 Å². The second kappa shape index (κ2) is 8.45. The highest BCUT2D eigenvalue weighted by Gasteiger charge is 2.26. The fraction of sp³-hybridized carbons (Fsp3) is 0.227. The molecule has 0 bridgehead atoms. The molecule has 0 aliphatic heterocycles. The Hall–Kier alpha value is -3.21. The predicted molar refractivity (Wildman–Crippen MR) is 104 cm³/mol. The normalized spacial score (nSPS) is 12.0. The molecule has 138 valence electrons. The smallest absolute Gasteiger partial charge is 0.329 e. The number of fused-ring (bicyclic) bond motifs is 1. The lowest BCUT2D eigenvalue weighted by Crippen LogP contribution is -2.45. The molecular weight excluding hydrogens is 340 g/mol. The lowest BCUT2D eigenvalue weighted by atomic mass is 10.0. The predicted octanol–water partition coefficient (Wildman–Crippen LogP) is 3.73. The molecule has 3 rings (SSSR count). The molecular formula is C22H22N2O3. The van der Waals surface area contributed by atoms with E-state index in [0.717, 1.165) is 16.3 Å². The van der Waals surface area contributed by atoms with Gasteiger partial charge in [0.1, 0.15) is 18.3 Å². The van der Waals surface area contributed by atoms with Crippen LogP contribution in [0.25, 0.3) is 10.8 Å². The number of esters is 1. The van der Waals surface area contributed by atoms with E-state index in [0.29, 0.717) is 0 Å². The minimum absolute atomic E-state index is 0.113. The van der Waals surface area contributed by atoms with Gasteiger partial charge in [-0.15, -0.1) is 0 Å². The summed E-state index contributed by atoms with van der Waals surface area (Å²) in [7, 11) is 0. The van der Waals surface area contributed by atoms with Crippen molar-refractivity contribution in [3.63, 3.8) is 0 Å². The molecule has 1 N–H and O–H groups in total. The van der Waals surface area contributed by atoms with Crippen LogP contribution in [0, 0.1) is 5.92 Å². The van der Waals surface area contributed by atoms with Crippen LogP contribution in [-0.2, 0) is 16.1 Å². The summed E-state index contributed by atoms with van der Waals surface area (Å²) in [6, 6.07) is 18.1. The molecule has 1 heterocycles. The Kier molecular flexibility index (Phi) is 5.81. The van der Waals surface area contributed by atoms with Gasteiger partial charge in [-0.25, -0.2) is 4.79 Å². The van der Waals surface area contributed by atoms with E-state index < -0.39 is 17.9 Å². The Morgan fingerprint density at radius 3 is 2.37 bits per heavy atom. The van der Waals surface area contributed by atoms with Crippen molar-refractivity contribution in [2.45, 2.75) is 26.5 Å². The summed E-state index contributed by atoms with van der Waals surface area (Å²) in [6.07, 6.45) is 1.66. The molecule has 27 heavy (non-hydrogen) atoms. The average molecular weight is 362 g/mol. The second-order valence-corrected chi connectivity index (χ2v) is 6.71. The third-order valence-electron chi connectivity index (χ3n) is 4.29. The van der Waals surface area contributed by atoms with Gasteiger partial charge < -0.3 is 10.1 Å². The molecule has 0 aliphatic rings. The van der Waals surface area contributed by atoms with Crippen LogP contribution in [-0.4, -0.2) is 22.9 Å². The number of rotatable bonds is 6. The first kappa shape index (κ1) is 18.6. The third-order valence-corrected chi connectivity index (χ3v) is 4.29. The monoisotopic (exact) mass is 362 g/mol. The Bertz CT molecular complexity index is 938. The number of amides is 1. The van der Waals surface area contributed by atoms with Crippen molar-refractivity contribution in [3.8, 4) is 0 Å². The molecule has 0 unspecified atom stereocenters. The molecule has 3 aromatic rings. The van der Waals surface area contributed by atoms with Gasteiger partial charge in [-0.3, -0.25) is 9.78 Å². The largest absolute Gasteiger partial charge is 0.459 e. The lowest BCUT2D eigenvalue weighted by molar-refractivity contribution is -0.148. The Balaban J connectivity index is 1.68. The highest BCUT2D eigenvalue weighted by Crippen LogP contribution is 2.14. The van der Waals surface area contributed by atoms with Crippen LogP contribution in [0.3, 0.4) is 0 Å². The van der Waals surface area contributed by atoms with Crippen molar-refractivity contribution >= 4 is 22.6 Å². The number of carbonyl (C=O) groups excluding carboxylic acids is 2. The van der Waals surface area contributed by atoms with Crippen molar-refractivity contribution in [1.82, 2.24) is 10.3 Å². The van der Waals surface area contributed by atoms with E-state index >= 15 is 0 Å². The molecule has 0 aliphatic carbocycles. The van der Waals surface area contributed by atoms with Gasteiger partial charge in [0.05, 0.1) is 0 Å². The molecule has 5 nitrogen and oxygen atoms in total. The molecule has 1 aromatic heterocycles. The number of hydrogen-bond donors (Lipinski definition) is 1. The summed E-state index contributed by atoms with van der Waals surface area (Å²) in [5, 5.41) is 4.63. The zero-order chi connectivity index (χ0) is 19.2. The Morgan fingerprint density at radius 1 is 1.00 bits per heavy atom. The number of hydrogen-bond acceptors (Lipinski definition) is 4. The Morgan fingerprint density at radius 2 is 1.67 bits per heavy atom. The highest BCUT2D eigenvalue weighted by atomic mass is 16.5. The van der Waals surface area contributed by atoms with Crippen molar-refractivity contribution in [1.29, 1.82) is 0 Å². The SMILES string of the molecule is CC(C)[C@H](NC(=O)c1cc2ccccc2cn1)C(=O)OCc1ccccc1. The first-order valence-electron chi connectivity index (χ1n) is 8.91. The molecule has 1 atom stereocenters. The topological polar surface area (TPSA) is 68.3 Å². The summed E-state index contributed by atoms with van der Waals surface area (Å²) in [6.45, 7) is 3.90. The second-order valence-electron chi connectivity index (χ2n) is 6.71. The number of benzene rings is 2. The fourth-order valence-corrected chi connectivity index (χ4v) is 2.74. The molecule has 5 heteroatoms. The van der Waals surface area contributed by atoms with E-state index in [1.54, 1.807) is 12.3 Å². The van der Waals surface area contributed by atoms with Crippen molar-refractivity contribution < 1.29 is 14.3 Å². The maximum Gasteiger partial charge on any atom is 0.329 e. The molecule has 1 amide bonds. The minimum atomic E-state index is -0.741. The van der Waals surface area contributed by atoms with Gasteiger partial charge in [-0.05, 0) is 22.9 Å². The van der Waals surface area contributed by atoms with E-state index in [2.05, 4.69) is 10.3 Å². The van der Waals surface area contributed by atoms with E-state index in [-0.39, 0.29) is 18.2 Å². The standard InChI is InChI=1S/C22H22N2O3/c1-15(2)20(22(26)27-14-16-8-4-3-5-9-16)24-21(25)19-12-17-10-6-7-11-18(17)13-23-19/h3-13,15,20H,14H2,1-2H3,(H,24,25)/t20-/m0/s1. The average Bonchev–Trinajstić information content (AvgIpc) is 2.70. The van der Waals surface area contributed by atoms with Crippen LogP contribution >= 0.6 is 0 Å². The van der Waals surface area contributed by atoms with Crippen LogP contribution in [0.1, 0.15) is 29.9 Å². The van der Waals surface area contributed by atoms with Gasteiger partial charge in [0, 0.05) is 11.6 Å². The maximum atomic E-state index is 12.6. The van der Waals surface area contributed by atoms with Crippen LogP contribution in [0.2, 0.25) is 0 Å². The molecule has 0 radical (unpaired) electrons. The summed E-state index contributed by atoms with van der Waals surface area (Å²) in [5.74, 6) is -0.961. The van der Waals surface area contributed by atoms with Crippen LogP contribution in [0.4, 0.5) is 0 Å². The minimum Gasteiger partial charge on any atom is -0.459 e. The molecule has 0 saturated heterocycles. The van der Waals surface area contributed by atoms with Gasteiger partial charge in [0.15, 0.2) is 0 Å². The highest BCUT2D eigenvalue weighted by molar-refractivity contribution is 5.98. The van der Waals surface area contributed by atoms with E-state index in [1.165, 1.54) is 0 Å². The summed E-state index contributed by atoms with van der Waals surface area (Å²) < 4.78 is 5.38. The van der Waals surface area contributed by atoms with Gasteiger partial charge in [-0.1, -0.05) is 68.4 Å². The zero-order valence-electron chi connectivity index (χ0n) is 15.4. The van der Waals surface area contributed by atoms with Crippen LogP contribution in [0.15, 0.2) is 66.9 Å². The van der Waals surface area contributed by atoms with E-state index in [9.17, 15) is 9.59 Å². The third kappa shape index (κ3) is 4.70. The molecule has 0 fully saturated rings. The van der Waals surface area contributed by atoms with Crippen molar-refractivity contribution in [3.05, 3.63) is 78.1 Å². The summed E-state index contributed by atoms with van der Waals surface area (Å²) >= 11 is 0. The van der Waals surface area contributed by atoms with E-state index in [1.807, 2.05) is 68.4 Å². The van der Waals surface area contributed by atoms with Gasteiger partial charge in [0.25, 0.3) is 5.91 Å². The summed E-state index contributed by atoms with van der Waals surface area (Å²) in [5.41, 5.74) is 1.17. The first-order valence-corrected chi connectivity index (χ1v) is 8.91. The lowest BCUT2D eigenvalue weighted by Gasteiger charge is -2.20. The molecule has 0 spiro atoms. The van der Waals surface area contributed by atoms with Crippen LogP contribution in [0.5, 0.6) is 0 Å². The number of nitrogens with zero attached hydrogens (tertiary/aromatic N) is 1. The molecule has 2 aromatic carbocycles. The quantitative estimate of drug-likeness (QED) is 0.679. The maximum absolute atomic E-state index is 12.6. The van der Waals surface area contributed by atoms with Crippen LogP contribution < -0.4 is 5.32 Å². The number of nitrogens with one attached hydrogen (secondary N) is 1. The number of ether oxygens (including phenoxy) is 1. The van der Waals surface area contributed by atoms with Crippen molar-refractivity contribution in [2.75, 3.05) is 0 Å². The van der Waals surface area contributed by atoms with Gasteiger partial charge in [0.2, 0.25) is 0 Å². The zero-order valence-corrected chi connectivity index (χ0v) is 15.4. The number of carbonyl (C=O) groups is 2. The van der Waals surface area contributed by atoms with E-state index in [4.69, 9.17) is 4.74 Å². The van der Waals surface area contributed by atoms with Crippen molar-refractivity contribution in [2.24, 2.45) is 5.92 Å². The fourth-order valence-electron chi connectivity index (χ4n) is 2.74. The van der Waals surface area contributed by atoms with Gasteiger partial charge >= 0.3 is 5.97 Å². The number of pyridine rings is 1. The number of aromatic nitrogens is 1. The summed E-state index contributed by atoms with van der Waals surface area (Å²) in [4.78, 5) is 29.3. The van der Waals surface area contributed by atoms with Gasteiger partial charge in [-0.2, -0.15) is 0 Å². The molecule has 0 saturated carbocycles. The first-order chi connectivity index (χ1) is 13.0.